The summed E-state index contributed by atoms with van der Waals surface area (Å²) < 4.78 is 5.15. The van der Waals surface area contributed by atoms with Crippen molar-refractivity contribution >= 4 is 0 Å². The van der Waals surface area contributed by atoms with E-state index in [0.717, 1.165) is 19.3 Å². The number of ether oxygens (including phenoxy) is 1. The fourth-order valence-corrected chi connectivity index (χ4v) is 2.30. The average Bonchev–Trinajstić information content (AvgIpc) is 2.41. The predicted molar refractivity (Wildman–Crippen MR) is 67.1 cm³/mol. The van der Waals surface area contributed by atoms with Crippen molar-refractivity contribution in [3.63, 3.8) is 0 Å². The smallest absolute Gasteiger partial charge is 0.195 e. The predicted octanol–water partition coefficient (Wildman–Crippen LogP) is -1.94. The molecular weight excluding hydrogens is 254 g/mol. The summed E-state index contributed by atoms with van der Waals surface area (Å²) in [6, 6.07) is 0. The van der Waals surface area contributed by atoms with Crippen LogP contribution in [0.15, 0.2) is 0 Å². The molecule has 114 valence electrons. The maximum Gasteiger partial charge on any atom is 0.195 e. The van der Waals surface area contributed by atoms with E-state index in [1.165, 1.54) is 0 Å². The number of hydrogen-bond acceptors (Lipinski definition) is 7. The molecule has 1 fully saturated rings. The number of aliphatic hydroxyl groups is 5. The minimum atomic E-state index is -1.94. The lowest BCUT2D eigenvalue weighted by molar-refractivity contribution is -0.351. The number of rotatable bonds is 7. The Labute approximate surface area is 112 Å². The lowest BCUT2D eigenvalue weighted by atomic mass is 9.89. The lowest BCUT2D eigenvalue weighted by Crippen LogP contribution is -2.65. The first-order valence-corrected chi connectivity index (χ1v) is 6.71. The van der Waals surface area contributed by atoms with Gasteiger partial charge in [-0.25, -0.2) is 0 Å². The van der Waals surface area contributed by atoms with Crippen molar-refractivity contribution in [1.29, 1.82) is 0 Å². The van der Waals surface area contributed by atoms with Gasteiger partial charge >= 0.3 is 0 Å². The Bertz CT molecular complexity index is 265. The Morgan fingerprint density at radius 2 is 1.63 bits per heavy atom. The normalized spacial score (nSPS) is 39.5. The summed E-state index contributed by atoms with van der Waals surface area (Å²) >= 11 is 0. The van der Waals surface area contributed by atoms with Gasteiger partial charge in [-0.3, -0.25) is 0 Å². The molecule has 0 unspecified atom stereocenters. The van der Waals surface area contributed by atoms with Gasteiger partial charge in [0.05, 0.1) is 6.61 Å². The van der Waals surface area contributed by atoms with E-state index in [9.17, 15) is 20.4 Å². The minimum Gasteiger partial charge on any atom is -0.394 e. The molecule has 0 aromatic rings. The van der Waals surface area contributed by atoms with Gasteiger partial charge in [0.15, 0.2) is 5.79 Å². The molecule has 7 nitrogen and oxygen atoms in total. The van der Waals surface area contributed by atoms with E-state index in [4.69, 9.17) is 15.6 Å². The molecule has 1 aliphatic rings. The van der Waals surface area contributed by atoms with E-state index >= 15 is 0 Å². The number of hydrogen-bond donors (Lipinski definition) is 6. The number of nitrogens with two attached hydrogens (primary N) is 1. The maximum absolute atomic E-state index is 10.2. The third kappa shape index (κ3) is 4.09. The molecule has 1 rings (SSSR count). The highest BCUT2D eigenvalue weighted by Gasteiger charge is 2.51. The highest BCUT2D eigenvalue weighted by molar-refractivity contribution is 4.95. The summed E-state index contributed by atoms with van der Waals surface area (Å²) in [7, 11) is 0. The van der Waals surface area contributed by atoms with Gasteiger partial charge in [0, 0.05) is 6.42 Å². The first-order valence-electron chi connectivity index (χ1n) is 6.71. The molecule has 1 aliphatic heterocycles. The van der Waals surface area contributed by atoms with E-state index in [-0.39, 0.29) is 6.42 Å². The van der Waals surface area contributed by atoms with E-state index in [1.54, 1.807) is 0 Å². The first-order chi connectivity index (χ1) is 8.96. The summed E-state index contributed by atoms with van der Waals surface area (Å²) in [6.45, 7) is 0.0708. The molecule has 7 heteroatoms. The highest BCUT2D eigenvalue weighted by Crippen LogP contribution is 2.32. The fourth-order valence-electron chi connectivity index (χ4n) is 2.30. The average molecular weight is 279 g/mol. The Kier molecular flexibility index (Phi) is 6.61. The van der Waals surface area contributed by atoms with Gasteiger partial charge in [-0.1, -0.05) is 12.8 Å². The Hall–Kier alpha value is -0.280. The Balaban J connectivity index is 2.52. The molecule has 0 radical (unpaired) electrons. The lowest BCUT2D eigenvalue weighted by Gasteiger charge is -2.45. The molecule has 19 heavy (non-hydrogen) atoms. The van der Waals surface area contributed by atoms with E-state index in [1.807, 2.05) is 0 Å². The van der Waals surface area contributed by atoms with Gasteiger partial charge in [0.2, 0.25) is 0 Å². The van der Waals surface area contributed by atoms with Crippen LogP contribution in [0.4, 0.5) is 0 Å². The Morgan fingerprint density at radius 3 is 2.21 bits per heavy atom. The van der Waals surface area contributed by atoms with Gasteiger partial charge in [-0.05, 0) is 19.4 Å². The van der Waals surface area contributed by atoms with Crippen LogP contribution in [0.1, 0.15) is 32.1 Å². The van der Waals surface area contributed by atoms with Gasteiger partial charge in [0.1, 0.15) is 24.4 Å². The monoisotopic (exact) mass is 279 g/mol. The van der Waals surface area contributed by atoms with Crippen LogP contribution in [0.3, 0.4) is 0 Å². The van der Waals surface area contributed by atoms with Crippen LogP contribution >= 0.6 is 0 Å². The van der Waals surface area contributed by atoms with Crippen LogP contribution in [0.5, 0.6) is 0 Å². The molecular formula is C12H25NO6. The molecule has 0 aromatic carbocycles. The minimum absolute atomic E-state index is 0.124. The summed E-state index contributed by atoms with van der Waals surface area (Å²) in [5, 5.41) is 48.3. The third-order valence-electron chi connectivity index (χ3n) is 3.54. The van der Waals surface area contributed by atoms with Crippen molar-refractivity contribution < 1.29 is 30.3 Å². The number of aliphatic hydroxyl groups excluding tert-OH is 4. The molecule has 0 bridgehead atoms. The van der Waals surface area contributed by atoms with Crippen molar-refractivity contribution in [1.82, 2.24) is 0 Å². The maximum atomic E-state index is 10.2. The van der Waals surface area contributed by atoms with Gasteiger partial charge in [0.25, 0.3) is 0 Å². The van der Waals surface area contributed by atoms with E-state index in [0.29, 0.717) is 13.0 Å². The van der Waals surface area contributed by atoms with Gasteiger partial charge < -0.3 is 36.0 Å². The Morgan fingerprint density at radius 1 is 1.00 bits per heavy atom. The van der Waals surface area contributed by atoms with Crippen molar-refractivity contribution in [3.8, 4) is 0 Å². The van der Waals surface area contributed by atoms with Crippen LogP contribution in [0.2, 0.25) is 0 Å². The van der Waals surface area contributed by atoms with Gasteiger partial charge in [-0.2, -0.15) is 0 Å². The second-order valence-corrected chi connectivity index (χ2v) is 5.06. The summed E-state index contributed by atoms with van der Waals surface area (Å²) in [6.07, 6.45) is -2.32. The fraction of sp³-hybridized carbons (Fsp3) is 1.00. The zero-order chi connectivity index (χ0) is 14.5. The molecule has 0 aliphatic carbocycles. The van der Waals surface area contributed by atoms with Crippen molar-refractivity contribution in [2.24, 2.45) is 5.73 Å². The molecule has 7 N–H and O–H groups in total. The van der Waals surface area contributed by atoms with E-state index in [2.05, 4.69) is 0 Å². The van der Waals surface area contributed by atoms with E-state index < -0.39 is 36.8 Å². The highest BCUT2D eigenvalue weighted by atomic mass is 16.7. The zero-order valence-electron chi connectivity index (χ0n) is 11.0. The SMILES string of the molecule is NCCCCCC[C@]1(O)O[C@H](CO)[C@H](O)[C@H](O)[C@H]1O. The standard InChI is InChI=1S/C12H25NO6/c13-6-4-2-1-3-5-12(18)11(17)10(16)9(15)8(7-14)19-12/h8-11,14-18H,1-7,13H2/t8-,9+,10+,11-,12+/m1/s1. The van der Waals surface area contributed by atoms with Crippen molar-refractivity contribution in [2.75, 3.05) is 13.2 Å². The van der Waals surface area contributed by atoms with Crippen LogP contribution in [-0.2, 0) is 4.74 Å². The second-order valence-electron chi connectivity index (χ2n) is 5.06. The number of unbranched alkanes of at least 4 members (excludes halogenated alkanes) is 3. The van der Waals surface area contributed by atoms with Crippen LogP contribution in [0.25, 0.3) is 0 Å². The van der Waals surface area contributed by atoms with Crippen LogP contribution in [0, 0.1) is 0 Å². The molecule has 1 saturated heterocycles. The topological polar surface area (TPSA) is 136 Å². The molecule has 0 amide bonds. The quantitative estimate of drug-likeness (QED) is 0.298. The van der Waals surface area contributed by atoms with Crippen LogP contribution in [-0.4, -0.2) is 68.9 Å². The molecule has 0 spiro atoms. The van der Waals surface area contributed by atoms with Crippen LogP contribution < -0.4 is 5.73 Å². The van der Waals surface area contributed by atoms with Gasteiger partial charge in [-0.15, -0.1) is 0 Å². The molecule has 5 atom stereocenters. The molecule has 1 heterocycles. The third-order valence-corrected chi connectivity index (χ3v) is 3.54. The zero-order valence-corrected chi connectivity index (χ0v) is 11.0. The molecule has 0 saturated carbocycles. The van der Waals surface area contributed by atoms with Crippen molar-refractivity contribution in [3.05, 3.63) is 0 Å². The largest absolute Gasteiger partial charge is 0.394 e. The second kappa shape index (κ2) is 7.49. The molecule has 0 aromatic heterocycles. The summed E-state index contributed by atoms with van der Waals surface area (Å²) in [4.78, 5) is 0. The van der Waals surface area contributed by atoms with Crippen molar-refractivity contribution in [2.45, 2.75) is 62.3 Å². The first kappa shape index (κ1) is 16.8. The summed E-state index contributed by atoms with van der Waals surface area (Å²) in [5.41, 5.74) is 5.37. The summed E-state index contributed by atoms with van der Waals surface area (Å²) in [5.74, 6) is -1.94.